The standard InChI is InChI=1S/C33H29F3N6O3S/c1-33(35,36)25-12-23(32(43)44)13-28-31(25)40-29(42(28)16-24-15-38-19-46-24)17-41-9-7-21(8-10-41)27-3-2-4-30(39-27)45-18-22-6-5-20(14-37)11-26(22)34/h2-6,11-13,15,19,21H,7-10,16-18H2,1H3,(H,43,44). The first-order valence-electron chi connectivity index (χ1n) is 14.6. The molecular weight excluding hydrogens is 617 g/mol. The van der Waals surface area contributed by atoms with Gasteiger partial charge in [0.25, 0.3) is 5.92 Å². The molecule has 0 unspecified atom stereocenters. The molecule has 0 saturated carbocycles. The van der Waals surface area contributed by atoms with Gasteiger partial charge in [-0.3, -0.25) is 9.88 Å². The number of pyridine rings is 1. The van der Waals surface area contributed by atoms with Crippen LogP contribution in [0.15, 0.2) is 60.2 Å². The van der Waals surface area contributed by atoms with E-state index in [1.165, 1.54) is 29.5 Å². The van der Waals surface area contributed by atoms with E-state index in [0.717, 1.165) is 36.4 Å². The second kappa shape index (κ2) is 12.9. The number of likely N-dealkylation sites (tertiary alicyclic amines) is 1. The van der Waals surface area contributed by atoms with Crippen LogP contribution in [0.3, 0.4) is 0 Å². The van der Waals surface area contributed by atoms with E-state index in [-0.39, 0.29) is 29.2 Å². The topological polar surface area (TPSA) is 117 Å². The zero-order valence-electron chi connectivity index (χ0n) is 24.8. The number of imidazole rings is 1. The molecule has 1 fully saturated rings. The van der Waals surface area contributed by atoms with E-state index in [9.17, 15) is 23.1 Å². The van der Waals surface area contributed by atoms with E-state index < -0.39 is 23.3 Å². The zero-order valence-corrected chi connectivity index (χ0v) is 25.6. The third kappa shape index (κ3) is 6.73. The van der Waals surface area contributed by atoms with Gasteiger partial charge in [0.15, 0.2) is 0 Å². The van der Waals surface area contributed by atoms with E-state index in [2.05, 4.69) is 19.9 Å². The van der Waals surface area contributed by atoms with Crippen molar-refractivity contribution in [3.05, 3.63) is 105 Å². The molecule has 1 aliphatic rings. The van der Waals surface area contributed by atoms with Gasteiger partial charge >= 0.3 is 5.97 Å². The number of carboxylic acids is 1. The summed E-state index contributed by atoms with van der Waals surface area (Å²) in [6.45, 7) is 2.86. The van der Waals surface area contributed by atoms with Crippen LogP contribution in [0.5, 0.6) is 5.88 Å². The number of aromatic nitrogens is 4. The number of ether oxygens (including phenoxy) is 1. The number of rotatable bonds is 10. The fourth-order valence-corrected chi connectivity index (χ4v) is 6.30. The Morgan fingerprint density at radius 2 is 1.96 bits per heavy atom. The first-order valence-corrected chi connectivity index (χ1v) is 15.5. The number of alkyl halides is 2. The molecule has 9 nitrogen and oxygen atoms in total. The quantitative estimate of drug-likeness (QED) is 0.178. The minimum Gasteiger partial charge on any atom is -0.478 e. The van der Waals surface area contributed by atoms with Gasteiger partial charge in [0.05, 0.1) is 46.8 Å². The lowest BCUT2D eigenvalue weighted by Gasteiger charge is -2.31. The normalized spacial score (nSPS) is 14.4. The maximum atomic E-state index is 14.7. The summed E-state index contributed by atoms with van der Waals surface area (Å²) in [5, 5.41) is 18.6. The fourth-order valence-electron chi connectivity index (χ4n) is 5.71. The number of benzene rings is 2. The average Bonchev–Trinajstić information content (AvgIpc) is 3.68. The smallest absolute Gasteiger partial charge is 0.335 e. The number of halogens is 3. The summed E-state index contributed by atoms with van der Waals surface area (Å²) in [7, 11) is 0. The van der Waals surface area contributed by atoms with Crippen LogP contribution in [0.4, 0.5) is 13.2 Å². The van der Waals surface area contributed by atoms with Gasteiger partial charge in [0, 0.05) is 46.8 Å². The van der Waals surface area contributed by atoms with Gasteiger partial charge in [-0.15, -0.1) is 11.3 Å². The van der Waals surface area contributed by atoms with E-state index >= 15 is 0 Å². The SMILES string of the molecule is CC(F)(F)c1cc(C(=O)O)cc2c1nc(CN1CCC(c3cccc(OCc4ccc(C#N)cc4F)n3)CC1)n2Cc1cncs1. The lowest BCUT2D eigenvalue weighted by atomic mass is 9.93. The maximum absolute atomic E-state index is 14.7. The van der Waals surface area contributed by atoms with Crippen molar-refractivity contribution in [3.8, 4) is 11.9 Å². The number of thiazole rings is 1. The van der Waals surface area contributed by atoms with Crippen LogP contribution in [0, 0.1) is 17.1 Å². The lowest BCUT2D eigenvalue weighted by molar-refractivity contribution is 0.0188. The molecule has 5 aromatic rings. The van der Waals surface area contributed by atoms with Crippen molar-refractivity contribution >= 4 is 28.3 Å². The minimum absolute atomic E-state index is 0.0192. The minimum atomic E-state index is -3.29. The Hall–Kier alpha value is -4.80. The van der Waals surface area contributed by atoms with Gasteiger partial charge in [-0.05, 0) is 56.3 Å². The highest BCUT2D eigenvalue weighted by Gasteiger charge is 2.32. The average molecular weight is 647 g/mol. The third-order valence-corrected chi connectivity index (χ3v) is 8.89. The largest absolute Gasteiger partial charge is 0.478 e. The number of carboxylic acid groups (broad SMARTS) is 1. The highest BCUT2D eigenvalue weighted by atomic mass is 32.1. The molecule has 4 heterocycles. The number of nitrogens with zero attached hydrogens (tertiary/aromatic N) is 6. The number of carbonyl (C=O) groups is 1. The molecule has 13 heteroatoms. The Labute approximate surface area is 266 Å². The molecule has 1 N–H and O–H groups in total. The molecule has 0 amide bonds. The van der Waals surface area contributed by atoms with Crippen LogP contribution in [0.2, 0.25) is 0 Å². The van der Waals surface area contributed by atoms with E-state index in [1.54, 1.807) is 23.8 Å². The molecule has 236 valence electrons. The Kier molecular flexibility index (Phi) is 8.75. The fraction of sp³-hybridized carbons (Fsp3) is 0.303. The number of aromatic carboxylic acids is 1. The van der Waals surface area contributed by atoms with Crippen LogP contribution >= 0.6 is 11.3 Å². The molecule has 0 aliphatic carbocycles. The Morgan fingerprint density at radius 1 is 1.15 bits per heavy atom. The van der Waals surface area contributed by atoms with Gasteiger partial charge in [-0.2, -0.15) is 5.26 Å². The summed E-state index contributed by atoms with van der Waals surface area (Å²) in [6.07, 6.45) is 3.28. The summed E-state index contributed by atoms with van der Waals surface area (Å²) in [5.41, 5.74) is 2.92. The second-order valence-electron chi connectivity index (χ2n) is 11.3. The molecule has 3 aromatic heterocycles. The van der Waals surface area contributed by atoms with Crippen LogP contribution in [0.25, 0.3) is 11.0 Å². The molecule has 0 atom stereocenters. The van der Waals surface area contributed by atoms with Gasteiger partial charge in [-0.25, -0.2) is 27.9 Å². The summed E-state index contributed by atoms with van der Waals surface area (Å²) in [6, 6.07) is 14.1. The predicted molar refractivity (Wildman–Crippen MR) is 164 cm³/mol. The zero-order chi connectivity index (χ0) is 32.4. The van der Waals surface area contributed by atoms with E-state index in [0.29, 0.717) is 49.0 Å². The molecule has 0 radical (unpaired) electrons. The monoisotopic (exact) mass is 646 g/mol. The van der Waals surface area contributed by atoms with Crippen LogP contribution in [-0.2, 0) is 25.6 Å². The van der Waals surface area contributed by atoms with Gasteiger partial charge in [0.2, 0.25) is 5.88 Å². The van der Waals surface area contributed by atoms with Gasteiger partial charge in [0.1, 0.15) is 18.2 Å². The van der Waals surface area contributed by atoms with Crippen molar-refractivity contribution in [3.63, 3.8) is 0 Å². The molecule has 0 spiro atoms. The van der Waals surface area contributed by atoms with Crippen molar-refractivity contribution < 1.29 is 27.8 Å². The number of fused-ring (bicyclic) bond motifs is 1. The van der Waals surface area contributed by atoms with Gasteiger partial charge in [-0.1, -0.05) is 12.1 Å². The maximum Gasteiger partial charge on any atom is 0.335 e. The first kappa shape index (κ1) is 31.2. The summed E-state index contributed by atoms with van der Waals surface area (Å²) in [5.74, 6) is -3.98. The Morgan fingerprint density at radius 3 is 2.63 bits per heavy atom. The molecular formula is C33H29F3N6O3S. The van der Waals surface area contributed by atoms with Crippen LogP contribution in [0.1, 0.15) is 69.1 Å². The predicted octanol–water partition coefficient (Wildman–Crippen LogP) is 6.72. The molecule has 46 heavy (non-hydrogen) atoms. The molecule has 1 saturated heterocycles. The lowest BCUT2D eigenvalue weighted by Crippen LogP contribution is -2.33. The number of nitriles is 1. The van der Waals surface area contributed by atoms with Crippen molar-refractivity contribution in [1.82, 2.24) is 24.4 Å². The van der Waals surface area contributed by atoms with Crippen LogP contribution < -0.4 is 4.74 Å². The van der Waals surface area contributed by atoms with E-state index in [1.807, 2.05) is 22.8 Å². The Bertz CT molecular complexity index is 1930. The van der Waals surface area contributed by atoms with Crippen molar-refractivity contribution in [2.75, 3.05) is 13.1 Å². The number of hydrogen-bond donors (Lipinski definition) is 1. The number of piperidine rings is 1. The van der Waals surface area contributed by atoms with Crippen molar-refractivity contribution in [2.45, 2.75) is 51.3 Å². The third-order valence-electron chi connectivity index (χ3n) is 8.12. The number of hydrogen-bond acceptors (Lipinski definition) is 8. The summed E-state index contributed by atoms with van der Waals surface area (Å²) < 4.78 is 51.3. The molecule has 1 aliphatic heterocycles. The van der Waals surface area contributed by atoms with E-state index in [4.69, 9.17) is 10.00 Å². The van der Waals surface area contributed by atoms with Gasteiger partial charge < -0.3 is 14.4 Å². The molecule has 0 bridgehead atoms. The Balaban J connectivity index is 1.18. The summed E-state index contributed by atoms with van der Waals surface area (Å²) in [4.78, 5) is 28.4. The molecule has 2 aromatic carbocycles. The van der Waals surface area contributed by atoms with Crippen molar-refractivity contribution in [2.24, 2.45) is 0 Å². The second-order valence-corrected chi connectivity index (χ2v) is 12.3. The summed E-state index contributed by atoms with van der Waals surface area (Å²) >= 11 is 1.42. The van der Waals surface area contributed by atoms with Crippen molar-refractivity contribution in [1.29, 1.82) is 5.26 Å². The highest BCUT2D eigenvalue weighted by Crippen LogP contribution is 2.36. The molecule has 6 rings (SSSR count). The highest BCUT2D eigenvalue weighted by molar-refractivity contribution is 7.09. The van der Waals surface area contributed by atoms with Crippen LogP contribution in [-0.4, -0.2) is 48.6 Å². The first-order chi connectivity index (χ1) is 22.1.